The monoisotopic (exact) mass is 419 g/mol. The molecule has 2 aromatic carbocycles. The third-order valence-electron chi connectivity index (χ3n) is 6.14. The van der Waals surface area contributed by atoms with Crippen molar-refractivity contribution in [3.8, 4) is 11.9 Å². The van der Waals surface area contributed by atoms with Crippen LogP contribution in [0.1, 0.15) is 47.2 Å². The van der Waals surface area contributed by atoms with Crippen molar-refractivity contribution in [2.75, 3.05) is 13.6 Å². The van der Waals surface area contributed by atoms with E-state index in [9.17, 15) is 9.90 Å². The fourth-order valence-electron chi connectivity index (χ4n) is 4.26. The SMILES string of the molecule is CN/C(=N\C#N)N[C@H]1CC[C@](CNC(=O)c2cccc(C)c2O)(c2ccccc2)CC1. The van der Waals surface area contributed by atoms with Gasteiger partial charge in [-0.25, -0.2) is 0 Å². The number of amides is 1. The van der Waals surface area contributed by atoms with Crippen molar-refractivity contribution < 1.29 is 9.90 Å². The number of carbonyl (C=O) groups is 1. The predicted octanol–water partition coefficient (Wildman–Crippen LogP) is 2.96. The molecule has 1 fully saturated rings. The van der Waals surface area contributed by atoms with Crippen LogP contribution in [0.5, 0.6) is 5.75 Å². The molecule has 31 heavy (non-hydrogen) atoms. The van der Waals surface area contributed by atoms with Crippen molar-refractivity contribution in [1.29, 1.82) is 5.26 Å². The molecular formula is C24H29N5O2. The number of nitrogens with one attached hydrogen (secondary N) is 3. The van der Waals surface area contributed by atoms with Gasteiger partial charge >= 0.3 is 0 Å². The number of nitriles is 1. The Balaban J connectivity index is 1.74. The molecule has 7 nitrogen and oxygen atoms in total. The molecule has 0 radical (unpaired) electrons. The van der Waals surface area contributed by atoms with Crippen LogP contribution in [0.4, 0.5) is 0 Å². The molecule has 1 aliphatic carbocycles. The van der Waals surface area contributed by atoms with Gasteiger partial charge in [-0.3, -0.25) is 4.79 Å². The lowest BCUT2D eigenvalue weighted by Gasteiger charge is -2.41. The number of aliphatic imine (C=N–C) groups is 1. The Labute approximate surface area is 183 Å². The van der Waals surface area contributed by atoms with Gasteiger partial charge in [0.25, 0.3) is 5.91 Å². The molecular weight excluding hydrogens is 390 g/mol. The molecule has 0 unspecified atom stereocenters. The molecule has 0 aromatic heterocycles. The minimum Gasteiger partial charge on any atom is -0.507 e. The fraction of sp³-hybridized carbons (Fsp3) is 0.375. The number of nitrogens with zero attached hydrogens (tertiary/aromatic N) is 2. The maximum absolute atomic E-state index is 12.8. The molecule has 0 atom stereocenters. The molecule has 0 heterocycles. The van der Waals surface area contributed by atoms with Gasteiger partial charge in [-0.1, -0.05) is 42.5 Å². The lowest BCUT2D eigenvalue weighted by atomic mass is 9.68. The summed E-state index contributed by atoms with van der Waals surface area (Å²) in [4.78, 5) is 16.6. The molecule has 2 aromatic rings. The van der Waals surface area contributed by atoms with Crippen LogP contribution in [-0.2, 0) is 5.41 Å². The van der Waals surface area contributed by atoms with E-state index in [1.165, 1.54) is 5.56 Å². The van der Waals surface area contributed by atoms with Crippen molar-refractivity contribution >= 4 is 11.9 Å². The van der Waals surface area contributed by atoms with E-state index in [0.717, 1.165) is 25.7 Å². The number of rotatable bonds is 5. The summed E-state index contributed by atoms with van der Waals surface area (Å²) in [5.74, 6) is 0.233. The number of para-hydroxylation sites is 1. The summed E-state index contributed by atoms with van der Waals surface area (Å²) < 4.78 is 0. The molecule has 1 aliphatic rings. The topological polar surface area (TPSA) is 110 Å². The quantitative estimate of drug-likeness (QED) is 0.338. The van der Waals surface area contributed by atoms with Gasteiger partial charge in [-0.05, 0) is 49.8 Å². The maximum atomic E-state index is 12.8. The second kappa shape index (κ2) is 9.98. The fourth-order valence-corrected chi connectivity index (χ4v) is 4.26. The summed E-state index contributed by atoms with van der Waals surface area (Å²) >= 11 is 0. The molecule has 0 bridgehead atoms. The Morgan fingerprint density at radius 1 is 1.19 bits per heavy atom. The molecule has 0 saturated heterocycles. The zero-order chi connectivity index (χ0) is 22.3. The first-order valence-electron chi connectivity index (χ1n) is 10.5. The summed E-state index contributed by atoms with van der Waals surface area (Å²) in [5.41, 5.74) is 1.98. The third kappa shape index (κ3) is 5.15. The first-order chi connectivity index (χ1) is 15.0. The van der Waals surface area contributed by atoms with Gasteiger partial charge in [0.15, 0.2) is 0 Å². The molecule has 7 heteroatoms. The molecule has 0 aliphatic heterocycles. The van der Waals surface area contributed by atoms with Gasteiger partial charge in [0.1, 0.15) is 5.75 Å². The molecule has 4 N–H and O–H groups in total. The summed E-state index contributed by atoms with van der Waals surface area (Å²) in [5, 5.41) is 28.3. The van der Waals surface area contributed by atoms with Crippen LogP contribution in [0.15, 0.2) is 53.5 Å². The zero-order valence-corrected chi connectivity index (χ0v) is 18.0. The van der Waals surface area contributed by atoms with Crippen LogP contribution < -0.4 is 16.0 Å². The van der Waals surface area contributed by atoms with E-state index in [1.807, 2.05) is 18.2 Å². The summed E-state index contributed by atoms with van der Waals surface area (Å²) in [6.45, 7) is 2.27. The third-order valence-corrected chi connectivity index (χ3v) is 6.14. The smallest absolute Gasteiger partial charge is 0.255 e. The van der Waals surface area contributed by atoms with Crippen LogP contribution >= 0.6 is 0 Å². The van der Waals surface area contributed by atoms with Gasteiger partial charge in [0.2, 0.25) is 12.2 Å². The van der Waals surface area contributed by atoms with Crippen molar-refractivity contribution in [3.63, 3.8) is 0 Å². The average Bonchev–Trinajstić information content (AvgIpc) is 2.80. The number of hydrogen-bond acceptors (Lipinski definition) is 4. The number of phenols is 1. The molecule has 3 rings (SSSR count). The number of guanidine groups is 1. The molecule has 1 saturated carbocycles. The van der Waals surface area contributed by atoms with Gasteiger partial charge in [-0.15, -0.1) is 4.99 Å². The first-order valence-corrected chi connectivity index (χ1v) is 10.5. The highest BCUT2D eigenvalue weighted by Crippen LogP contribution is 2.39. The Kier molecular flexibility index (Phi) is 7.14. The Bertz CT molecular complexity index is 973. The molecule has 1 amide bonds. The molecule has 0 spiro atoms. The summed E-state index contributed by atoms with van der Waals surface area (Å²) in [6.07, 6.45) is 5.31. The highest BCUT2D eigenvalue weighted by molar-refractivity contribution is 5.97. The number of aromatic hydroxyl groups is 1. The second-order valence-corrected chi connectivity index (χ2v) is 8.03. The van der Waals surface area contributed by atoms with Crippen molar-refractivity contribution in [2.45, 2.75) is 44.1 Å². The maximum Gasteiger partial charge on any atom is 0.255 e. The van der Waals surface area contributed by atoms with Gasteiger partial charge in [0, 0.05) is 25.0 Å². The Hall–Kier alpha value is -3.53. The minimum atomic E-state index is -0.268. The second-order valence-electron chi connectivity index (χ2n) is 8.03. The van der Waals surface area contributed by atoms with Crippen LogP contribution in [0.25, 0.3) is 0 Å². The van der Waals surface area contributed by atoms with Gasteiger partial charge in [0.05, 0.1) is 5.56 Å². The zero-order valence-electron chi connectivity index (χ0n) is 18.0. The van der Waals surface area contributed by atoms with Gasteiger partial charge < -0.3 is 21.1 Å². The van der Waals surface area contributed by atoms with Crippen molar-refractivity contribution in [3.05, 3.63) is 65.2 Å². The van der Waals surface area contributed by atoms with Crippen molar-refractivity contribution in [2.24, 2.45) is 4.99 Å². The van der Waals surface area contributed by atoms with Crippen LogP contribution in [0.3, 0.4) is 0 Å². The summed E-state index contributed by atoms with van der Waals surface area (Å²) in [7, 11) is 1.73. The van der Waals surface area contributed by atoms with E-state index < -0.39 is 0 Å². The van der Waals surface area contributed by atoms with Crippen LogP contribution in [0, 0.1) is 18.4 Å². The molecule has 162 valence electrons. The van der Waals surface area contributed by atoms with Gasteiger partial charge in [-0.2, -0.15) is 5.26 Å². The first kappa shape index (κ1) is 22.2. The van der Waals surface area contributed by atoms with E-state index in [1.54, 1.807) is 38.4 Å². The van der Waals surface area contributed by atoms with E-state index in [-0.39, 0.29) is 23.1 Å². The Morgan fingerprint density at radius 3 is 2.55 bits per heavy atom. The number of benzene rings is 2. The lowest BCUT2D eigenvalue weighted by molar-refractivity contribution is 0.0932. The van der Waals surface area contributed by atoms with E-state index >= 15 is 0 Å². The van der Waals surface area contributed by atoms with E-state index in [2.05, 4.69) is 33.1 Å². The average molecular weight is 420 g/mol. The largest absolute Gasteiger partial charge is 0.507 e. The Morgan fingerprint density at radius 2 is 1.90 bits per heavy atom. The van der Waals surface area contributed by atoms with Crippen molar-refractivity contribution in [1.82, 2.24) is 16.0 Å². The number of phenolic OH excluding ortho intramolecular Hbond substituents is 1. The standard InChI is InChI=1S/C24H29N5O2/c1-17-7-6-10-20(21(17)30)22(31)27-15-24(18-8-4-3-5-9-18)13-11-19(12-14-24)29-23(26-2)28-16-25/h3-10,19,30H,11-15H2,1-2H3,(H,27,31)(H2,26,28,29)/t19-,24-. The summed E-state index contributed by atoms with van der Waals surface area (Å²) in [6, 6.07) is 15.7. The van der Waals surface area contributed by atoms with Crippen LogP contribution in [0.2, 0.25) is 0 Å². The normalized spacial score (nSPS) is 21.1. The number of hydrogen-bond donors (Lipinski definition) is 4. The predicted molar refractivity (Wildman–Crippen MR) is 121 cm³/mol. The highest BCUT2D eigenvalue weighted by atomic mass is 16.3. The van der Waals surface area contributed by atoms with E-state index in [4.69, 9.17) is 5.26 Å². The minimum absolute atomic E-state index is 0.0260. The van der Waals surface area contributed by atoms with Crippen LogP contribution in [-0.4, -0.2) is 36.6 Å². The highest BCUT2D eigenvalue weighted by Gasteiger charge is 2.37. The van der Waals surface area contributed by atoms with E-state index in [0.29, 0.717) is 23.6 Å². The number of carbonyl (C=O) groups excluding carboxylic acids is 1. The lowest BCUT2D eigenvalue weighted by Crippen LogP contribution is -2.49. The number of aryl methyl sites for hydroxylation is 1.